The number of benzene rings is 1. The van der Waals surface area contributed by atoms with E-state index in [2.05, 4.69) is 36.5 Å². The topological polar surface area (TPSA) is 29.1 Å². The molecular weight excluding hydrogens is 222 g/mol. The van der Waals surface area contributed by atoms with Crippen LogP contribution in [0.15, 0.2) is 24.3 Å². The van der Waals surface area contributed by atoms with Crippen molar-refractivity contribution in [3.63, 3.8) is 0 Å². The SMILES string of the molecule is Cc1ccc(C(NC(=O)C2CCC2)C2CC2)cc1. The Morgan fingerprint density at radius 3 is 2.33 bits per heavy atom. The van der Waals surface area contributed by atoms with E-state index in [0.717, 1.165) is 12.8 Å². The van der Waals surface area contributed by atoms with Crippen LogP contribution in [0.3, 0.4) is 0 Å². The van der Waals surface area contributed by atoms with Gasteiger partial charge in [-0.25, -0.2) is 0 Å². The smallest absolute Gasteiger partial charge is 0.223 e. The fraction of sp³-hybridized carbons (Fsp3) is 0.562. The Balaban J connectivity index is 1.71. The van der Waals surface area contributed by atoms with Gasteiger partial charge in [-0.15, -0.1) is 0 Å². The number of rotatable bonds is 4. The van der Waals surface area contributed by atoms with Gasteiger partial charge in [-0.1, -0.05) is 36.2 Å². The van der Waals surface area contributed by atoms with Gasteiger partial charge >= 0.3 is 0 Å². The third kappa shape index (κ3) is 2.43. The van der Waals surface area contributed by atoms with Crippen molar-refractivity contribution >= 4 is 5.91 Å². The zero-order chi connectivity index (χ0) is 12.5. The van der Waals surface area contributed by atoms with E-state index in [9.17, 15) is 4.79 Å². The van der Waals surface area contributed by atoms with Crippen molar-refractivity contribution in [2.45, 2.75) is 45.1 Å². The van der Waals surface area contributed by atoms with Crippen molar-refractivity contribution in [2.75, 3.05) is 0 Å². The summed E-state index contributed by atoms with van der Waals surface area (Å²) < 4.78 is 0. The minimum Gasteiger partial charge on any atom is -0.349 e. The standard InChI is InChI=1S/C16H21NO/c1-11-5-7-12(8-6-11)15(13-9-10-13)17-16(18)14-3-2-4-14/h5-8,13-15H,2-4,9-10H2,1H3,(H,17,18). The summed E-state index contributed by atoms with van der Waals surface area (Å²) in [6.07, 6.45) is 5.89. The lowest BCUT2D eigenvalue weighted by molar-refractivity contribution is -0.128. The number of nitrogens with one attached hydrogen (secondary N) is 1. The molecule has 1 unspecified atom stereocenters. The molecule has 2 saturated carbocycles. The molecule has 1 aromatic rings. The summed E-state index contributed by atoms with van der Waals surface area (Å²) in [7, 11) is 0. The maximum atomic E-state index is 12.1. The highest BCUT2D eigenvalue weighted by Gasteiger charge is 2.35. The highest BCUT2D eigenvalue weighted by molar-refractivity contribution is 5.79. The van der Waals surface area contributed by atoms with Gasteiger partial charge in [0.1, 0.15) is 0 Å². The summed E-state index contributed by atoms with van der Waals surface area (Å²) in [5.74, 6) is 1.23. The van der Waals surface area contributed by atoms with Crippen molar-refractivity contribution < 1.29 is 4.79 Å². The largest absolute Gasteiger partial charge is 0.349 e. The van der Waals surface area contributed by atoms with Crippen LogP contribution in [-0.4, -0.2) is 5.91 Å². The molecule has 1 amide bonds. The first-order valence-corrected chi connectivity index (χ1v) is 7.11. The molecule has 2 heteroatoms. The minimum atomic E-state index is 0.249. The second-order valence-electron chi connectivity index (χ2n) is 5.86. The zero-order valence-corrected chi connectivity index (χ0v) is 11.0. The highest BCUT2D eigenvalue weighted by Crippen LogP contribution is 2.41. The number of amides is 1. The van der Waals surface area contributed by atoms with Gasteiger partial charge < -0.3 is 5.32 Å². The predicted molar refractivity (Wildman–Crippen MR) is 72.1 cm³/mol. The molecule has 2 aliphatic rings. The monoisotopic (exact) mass is 243 g/mol. The molecule has 0 heterocycles. The Kier molecular flexibility index (Phi) is 3.11. The van der Waals surface area contributed by atoms with Gasteiger partial charge in [-0.3, -0.25) is 4.79 Å². The number of hydrogen-bond acceptors (Lipinski definition) is 1. The van der Waals surface area contributed by atoms with Crippen molar-refractivity contribution in [3.8, 4) is 0 Å². The molecule has 0 radical (unpaired) electrons. The Morgan fingerprint density at radius 1 is 1.17 bits per heavy atom. The number of aryl methyl sites for hydroxylation is 1. The van der Waals surface area contributed by atoms with E-state index in [1.165, 1.54) is 30.4 Å². The second-order valence-corrected chi connectivity index (χ2v) is 5.86. The number of carbonyl (C=O) groups excluding carboxylic acids is 1. The molecule has 2 nitrogen and oxygen atoms in total. The van der Waals surface area contributed by atoms with E-state index in [0.29, 0.717) is 5.92 Å². The van der Waals surface area contributed by atoms with Crippen LogP contribution in [-0.2, 0) is 4.79 Å². The molecule has 18 heavy (non-hydrogen) atoms. The van der Waals surface area contributed by atoms with Crippen LogP contribution in [0.25, 0.3) is 0 Å². The molecule has 0 spiro atoms. The molecule has 1 aromatic carbocycles. The molecule has 0 aromatic heterocycles. The molecule has 2 aliphatic carbocycles. The molecule has 1 N–H and O–H groups in total. The summed E-state index contributed by atoms with van der Waals surface area (Å²) in [6.45, 7) is 2.10. The Hall–Kier alpha value is -1.31. The Labute approximate surface area is 109 Å². The molecule has 96 valence electrons. The van der Waals surface area contributed by atoms with E-state index < -0.39 is 0 Å². The van der Waals surface area contributed by atoms with Crippen LogP contribution < -0.4 is 5.32 Å². The van der Waals surface area contributed by atoms with Crippen LogP contribution in [0.5, 0.6) is 0 Å². The van der Waals surface area contributed by atoms with Gasteiger partial charge in [-0.05, 0) is 44.1 Å². The maximum Gasteiger partial charge on any atom is 0.223 e. The lowest BCUT2D eigenvalue weighted by Gasteiger charge is -2.27. The lowest BCUT2D eigenvalue weighted by Crippen LogP contribution is -2.37. The first kappa shape index (κ1) is 11.8. The van der Waals surface area contributed by atoms with Gasteiger partial charge in [0.05, 0.1) is 6.04 Å². The van der Waals surface area contributed by atoms with E-state index in [1.807, 2.05) is 0 Å². The molecule has 3 rings (SSSR count). The van der Waals surface area contributed by atoms with E-state index >= 15 is 0 Å². The van der Waals surface area contributed by atoms with Gasteiger partial charge in [-0.2, -0.15) is 0 Å². The van der Waals surface area contributed by atoms with Gasteiger partial charge in [0.2, 0.25) is 5.91 Å². The average Bonchev–Trinajstić information content (AvgIpc) is 3.08. The summed E-state index contributed by atoms with van der Waals surface area (Å²) in [5, 5.41) is 3.28. The quantitative estimate of drug-likeness (QED) is 0.863. The first-order valence-electron chi connectivity index (χ1n) is 7.11. The van der Waals surface area contributed by atoms with Gasteiger partial charge in [0.15, 0.2) is 0 Å². The summed E-state index contributed by atoms with van der Waals surface area (Å²) in [5.41, 5.74) is 2.55. The molecule has 0 saturated heterocycles. The summed E-state index contributed by atoms with van der Waals surface area (Å²) in [6, 6.07) is 8.86. The van der Waals surface area contributed by atoms with Gasteiger partial charge in [0.25, 0.3) is 0 Å². The Bertz CT molecular complexity index is 429. The third-order valence-electron chi connectivity index (χ3n) is 4.30. The van der Waals surface area contributed by atoms with Crippen LogP contribution in [0.4, 0.5) is 0 Å². The van der Waals surface area contributed by atoms with Crippen molar-refractivity contribution in [2.24, 2.45) is 11.8 Å². The van der Waals surface area contributed by atoms with Crippen molar-refractivity contribution in [1.29, 1.82) is 0 Å². The summed E-state index contributed by atoms with van der Waals surface area (Å²) >= 11 is 0. The predicted octanol–water partition coefficient (Wildman–Crippen LogP) is 3.36. The highest BCUT2D eigenvalue weighted by atomic mass is 16.2. The average molecular weight is 243 g/mol. The number of carbonyl (C=O) groups is 1. The van der Waals surface area contributed by atoms with Crippen LogP contribution in [0, 0.1) is 18.8 Å². The molecule has 0 bridgehead atoms. The van der Waals surface area contributed by atoms with Crippen molar-refractivity contribution in [3.05, 3.63) is 35.4 Å². The minimum absolute atomic E-state index is 0.249. The summed E-state index contributed by atoms with van der Waals surface area (Å²) in [4.78, 5) is 12.1. The van der Waals surface area contributed by atoms with Crippen LogP contribution in [0.2, 0.25) is 0 Å². The van der Waals surface area contributed by atoms with E-state index in [-0.39, 0.29) is 17.9 Å². The van der Waals surface area contributed by atoms with E-state index in [4.69, 9.17) is 0 Å². The van der Waals surface area contributed by atoms with E-state index in [1.54, 1.807) is 0 Å². The zero-order valence-electron chi connectivity index (χ0n) is 11.0. The van der Waals surface area contributed by atoms with Gasteiger partial charge in [0, 0.05) is 5.92 Å². The fourth-order valence-corrected chi connectivity index (χ4v) is 2.62. The maximum absolute atomic E-state index is 12.1. The van der Waals surface area contributed by atoms with Crippen molar-refractivity contribution in [1.82, 2.24) is 5.32 Å². The number of hydrogen-bond donors (Lipinski definition) is 1. The Morgan fingerprint density at radius 2 is 1.83 bits per heavy atom. The molecule has 2 fully saturated rings. The molecule has 0 aliphatic heterocycles. The lowest BCUT2D eigenvalue weighted by atomic mass is 9.84. The van der Waals surface area contributed by atoms with Crippen LogP contribution in [0.1, 0.15) is 49.3 Å². The molecular formula is C16H21NO. The first-order chi connectivity index (χ1) is 8.74. The third-order valence-corrected chi connectivity index (χ3v) is 4.30. The molecule has 1 atom stereocenters. The van der Waals surface area contributed by atoms with Crippen LogP contribution >= 0.6 is 0 Å². The second kappa shape index (κ2) is 4.75. The normalized spacial score (nSPS) is 21.2. The fourth-order valence-electron chi connectivity index (χ4n) is 2.62.